The van der Waals surface area contributed by atoms with Crippen LogP contribution in [0.2, 0.25) is 0 Å². The van der Waals surface area contributed by atoms with Crippen molar-refractivity contribution in [2.75, 3.05) is 20.8 Å². The first-order valence-electron chi connectivity index (χ1n) is 10.1. The Morgan fingerprint density at radius 2 is 1.65 bits per heavy atom. The molecule has 26 heavy (non-hydrogen) atoms. The Kier molecular flexibility index (Phi) is 4.85. The molecule has 0 spiro atoms. The molecule has 4 nitrogen and oxygen atoms in total. The SMILES string of the molecule is COc1ccc(CCNC(=O)CC23CC4CC(CC(C4)C2)C3)cc1OC. The van der Waals surface area contributed by atoms with Crippen LogP contribution in [-0.4, -0.2) is 26.7 Å². The molecule has 1 aromatic carbocycles. The number of rotatable bonds is 7. The molecule has 1 N–H and O–H groups in total. The van der Waals surface area contributed by atoms with Gasteiger partial charge in [0.15, 0.2) is 11.5 Å². The molecule has 0 unspecified atom stereocenters. The first kappa shape index (κ1) is 17.7. The van der Waals surface area contributed by atoms with E-state index in [0.29, 0.717) is 12.0 Å². The molecule has 4 aliphatic rings. The lowest BCUT2D eigenvalue weighted by Crippen LogP contribution is -2.48. The van der Waals surface area contributed by atoms with Crippen LogP contribution in [0.1, 0.15) is 50.5 Å². The van der Waals surface area contributed by atoms with E-state index in [1.54, 1.807) is 14.2 Å². The second kappa shape index (κ2) is 7.13. The van der Waals surface area contributed by atoms with Crippen molar-refractivity contribution in [3.05, 3.63) is 23.8 Å². The summed E-state index contributed by atoms with van der Waals surface area (Å²) < 4.78 is 10.6. The highest BCUT2D eigenvalue weighted by atomic mass is 16.5. The summed E-state index contributed by atoms with van der Waals surface area (Å²) in [5.74, 6) is 4.43. The van der Waals surface area contributed by atoms with Gasteiger partial charge in [0.05, 0.1) is 14.2 Å². The Bertz CT molecular complexity index is 634. The number of ether oxygens (including phenoxy) is 2. The summed E-state index contributed by atoms with van der Waals surface area (Å²) in [7, 11) is 3.29. The third-order valence-electron chi connectivity index (χ3n) is 6.88. The van der Waals surface area contributed by atoms with Gasteiger partial charge in [0.25, 0.3) is 0 Å². The normalized spacial score (nSPS) is 31.7. The largest absolute Gasteiger partial charge is 0.493 e. The number of amides is 1. The van der Waals surface area contributed by atoms with Crippen LogP contribution in [0.25, 0.3) is 0 Å². The van der Waals surface area contributed by atoms with E-state index >= 15 is 0 Å². The topological polar surface area (TPSA) is 47.6 Å². The molecule has 142 valence electrons. The molecule has 4 aliphatic carbocycles. The minimum absolute atomic E-state index is 0.243. The molecule has 0 aromatic heterocycles. The van der Waals surface area contributed by atoms with Crippen molar-refractivity contribution < 1.29 is 14.3 Å². The van der Waals surface area contributed by atoms with E-state index in [2.05, 4.69) is 5.32 Å². The van der Waals surface area contributed by atoms with Crippen molar-refractivity contribution in [3.63, 3.8) is 0 Å². The molecule has 1 aromatic rings. The van der Waals surface area contributed by atoms with E-state index in [1.165, 1.54) is 38.5 Å². The lowest BCUT2D eigenvalue weighted by molar-refractivity contribution is -0.129. The third kappa shape index (κ3) is 3.56. The van der Waals surface area contributed by atoms with Crippen LogP contribution in [0, 0.1) is 23.2 Å². The number of hydrogen-bond donors (Lipinski definition) is 1. The van der Waals surface area contributed by atoms with Crippen molar-refractivity contribution in [2.24, 2.45) is 23.2 Å². The zero-order valence-corrected chi connectivity index (χ0v) is 16.1. The van der Waals surface area contributed by atoms with Gasteiger partial charge in [0, 0.05) is 13.0 Å². The predicted molar refractivity (Wildman–Crippen MR) is 101 cm³/mol. The minimum Gasteiger partial charge on any atom is -0.493 e. The van der Waals surface area contributed by atoms with Crippen LogP contribution in [0.15, 0.2) is 18.2 Å². The number of carbonyl (C=O) groups excluding carboxylic acids is 1. The van der Waals surface area contributed by atoms with Gasteiger partial charge in [-0.15, -0.1) is 0 Å². The van der Waals surface area contributed by atoms with Crippen LogP contribution >= 0.6 is 0 Å². The standard InChI is InChI=1S/C22H31NO3/c1-25-19-4-3-15(10-20(19)26-2)5-6-23-21(24)14-22-11-16-7-17(12-22)9-18(8-16)13-22/h3-4,10,16-18H,5-9,11-14H2,1-2H3,(H,23,24). The van der Waals surface area contributed by atoms with Crippen molar-refractivity contribution in [2.45, 2.75) is 51.4 Å². The van der Waals surface area contributed by atoms with Crippen LogP contribution < -0.4 is 14.8 Å². The second-order valence-corrected chi connectivity index (χ2v) is 8.88. The Balaban J connectivity index is 1.28. The Labute approximate surface area is 156 Å². The van der Waals surface area contributed by atoms with Gasteiger partial charge in [-0.2, -0.15) is 0 Å². The quantitative estimate of drug-likeness (QED) is 0.803. The maximum absolute atomic E-state index is 12.6. The molecule has 1 amide bonds. The average molecular weight is 357 g/mol. The predicted octanol–water partition coefficient (Wildman–Crippen LogP) is 3.97. The molecule has 5 rings (SSSR count). The zero-order valence-electron chi connectivity index (χ0n) is 16.1. The van der Waals surface area contributed by atoms with E-state index in [0.717, 1.165) is 47.7 Å². The molecule has 4 saturated carbocycles. The number of carbonyl (C=O) groups is 1. The Morgan fingerprint density at radius 1 is 1.04 bits per heavy atom. The summed E-state index contributed by atoms with van der Waals surface area (Å²) in [6.45, 7) is 0.681. The first-order chi connectivity index (χ1) is 12.6. The molecular formula is C22H31NO3. The summed E-state index contributed by atoms with van der Waals surface area (Å²) in [5.41, 5.74) is 1.47. The summed E-state index contributed by atoms with van der Waals surface area (Å²) in [4.78, 5) is 12.6. The highest BCUT2D eigenvalue weighted by molar-refractivity contribution is 5.76. The van der Waals surface area contributed by atoms with Crippen molar-refractivity contribution in [1.82, 2.24) is 5.32 Å². The lowest BCUT2D eigenvalue weighted by atomic mass is 9.49. The molecule has 0 atom stereocenters. The highest BCUT2D eigenvalue weighted by Gasteiger charge is 2.51. The molecular weight excluding hydrogens is 326 g/mol. The van der Waals surface area contributed by atoms with Crippen LogP contribution in [0.3, 0.4) is 0 Å². The second-order valence-electron chi connectivity index (χ2n) is 8.88. The molecule has 4 heteroatoms. The van der Waals surface area contributed by atoms with Crippen LogP contribution in [0.4, 0.5) is 0 Å². The summed E-state index contributed by atoms with van der Waals surface area (Å²) in [6, 6.07) is 5.95. The van der Waals surface area contributed by atoms with Crippen molar-refractivity contribution in [1.29, 1.82) is 0 Å². The number of nitrogens with one attached hydrogen (secondary N) is 1. The van der Waals surface area contributed by atoms with Gasteiger partial charge in [-0.3, -0.25) is 4.79 Å². The fraction of sp³-hybridized carbons (Fsp3) is 0.682. The summed E-state index contributed by atoms with van der Waals surface area (Å²) >= 11 is 0. The Morgan fingerprint density at radius 3 is 2.23 bits per heavy atom. The average Bonchev–Trinajstić information content (AvgIpc) is 2.59. The van der Waals surface area contributed by atoms with Gasteiger partial charge < -0.3 is 14.8 Å². The molecule has 0 radical (unpaired) electrons. The Hall–Kier alpha value is -1.71. The third-order valence-corrected chi connectivity index (χ3v) is 6.88. The van der Waals surface area contributed by atoms with Crippen LogP contribution in [0.5, 0.6) is 11.5 Å². The summed E-state index contributed by atoms with van der Waals surface area (Å²) in [5, 5.41) is 3.16. The monoisotopic (exact) mass is 357 g/mol. The van der Waals surface area contributed by atoms with E-state index in [9.17, 15) is 4.79 Å². The maximum Gasteiger partial charge on any atom is 0.220 e. The van der Waals surface area contributed by atoms with Gasteiger partial charge >= 0.3 is 0 Å². The van der Waals surface area contributed by atoms with Crippen molar-refractivity contribution in [3.8, 4) is 11.5 Å². The smallest absolute Gasteiger partial charge is 0.220 e. The maximum atomic E-state index is 12.6. The van der Waals surface area contributed by atoms with E-state index < -0.39 is 0 Å². The number of benzene rings is 1. The van der Waals surface area contributed by atoms with Gasteiger partial charge in [-0.25, -0.2) is 0 Å². The van der Waals surface area contributed by atoms with Gasteiger partial charge in [-0.1, -0.05) is 6.07 Å². The van der Waals surface area contributed by atoms with Crippen molar-refractivity contribution >= 4 is 5.91 Å². The van der Waals surface area contributed by atoms with E-state index in [-0.39, 0.29) is 5.91 Å². The molecule has 0 saturated heterocycles. The summed E-state index contributed by atoms with van der Waals surface area (Å²) in [6.07, 6.45) is 9.72. The molecule has 4 bridgehead atoms. The van der Waals surface area contributed by atoms with Gasteiger partial charge in [-0.05, 0) is 85.8 Å². The lowest BCUT2D eigenvalue weighted by Gasteiger charge is -2.56. The van der Waals surface area contributed by atoms with Gasteiger partial charge in [0.1, 0.15) is 0 Å². The number of hydrogen-bond acceptors (Lipinski definition) is 3. The minimum atomic E-state index is 0.243. The fourth-order valence-corrected chi connectivity index (χ4v) is 6.29. The molecule has 0 heterocycles. The van der Waals surface area contributed by atoms with Crippen LogP contribution in [-0.2, 0) is 11.2 Å². The zero-order chi connectivity index (χ0) is 18.1. The van der Waals surface area contributed by atoms with E-state index in [4.69, 9.17) is 9.47 Å². The number of methoxy groups -OCH3 is 2. The van der Waals surface area contributed by atoms with E-state index in [1.807, 2.05) is 18.2 Å². The molecule has 0 aliphatic heterocycles. The first-order valence-corrected chi connectivity index (χ1v) is 10.1. The highest BCUT2D eigenvalue weighted by Crippen LogP contribution is 2.61. The fourth-order valence-electron chi connectivity index (χ4n) is 6.29. The van der Waals surface area contributed by atoms with Gasteiger partial charge in [0.2, 0.25) is 5.91 Å². The molecule has 4 fully saturated rings.